The molecule has 1 nitrogen and oxygen atoms in total. The Morgan fingerprint density at radius 1 is 1.00 bits per heavy atom. The second-order valence-electron chi connectivity index (χ2n) is 3.90. The van der Waals surface area contributed by atoms with Crippen LogP contribution >= 0.6 is 11.8 Å². The summed E-state index contributed by atoms with van der Waals surface area (Å²) in [6.45, 7) is 0. The number of rotatable bonds is 2. The van der Waals surface area contributed by atoms with Gasteiger partial charge >= 0.3 is 0 Å². The molecule has 0 amide bonds. The molecule has 2 heteroatoms. The van der Waals surface area contributed by atoms with Crippen LogP contribution in [0.15, 0.2) is 0 Å². The van der Waals surface area contributed by atoms with Crippen molar-refractivity contribution in [3.05, 3.63) is 0 Å². The number of nitrogens with two attached hydrogens (primary N) is 1. The van der Waals surface area contributed by atoms with E-state index in [1.807, 2.05) is 0 Å². The van der Waals surface area contributed by atoms with Crippen molar-refractivity contribution >= 4 is 11.8 Å². The van der Waals surface area contributed by atoms with Gasteiger partial charge in [-0.15, -0.1) is 0 Å². The number of hydrogen-bond acceptors (Lipinski definition) is 2. The first-order valence-electron chi connectivity index (χ1n) is 4.75. The van der Waals surface area contributed by atoms with E-state index in [2.05, 4.69) is 11.8 Å². The molecule has 0 bridgehead atoms. The van der Waals surface area contributed by atoms with Crippen molar-refractivity contribution in [3.8, 4) is 0 Å². The third kappa shape index (κ3) is 1.91. The minimum Gasteiger partial charge on any atom is -0.328 e. The number of thioether (sulfide) groups is 1. The molecule has 0 aromatic rings. The van der Waals surface area contributed by atoms with Gasteiger partial charge in [-0.25, -0.2) is 0 Å². The molecular weight excluding hydrogens is 154 g/mol. The predicted octanol–water partition coefficient (Wildman–Crippen LogP) is 2.15. The van der Waals surface area contributed by atoms with Crippen molar-refractivity contribution in [2.75, 3.05) is 0 Å². The summed E-state index contributed by atoms with van der Waals surface area (Å²) in [6, 6.07) is 0.536. The summed E-state index contributed by atoms with van der Waals surface area (Å²) in [5, 5.41) is 1.92. The van der Waals surface area contributed by atoms with Gasteiger partial charge in [0.1, 0.15) is 0 Å². The van der Waals surface area contributed by atoms with Gasteiger partial charge in [-0.1, -0.05) is 12.8 Å². The Hall–Kier alpha value is 0.310. The van der Waals surface area contributed by atoms with Crippen LogP contribution in [-0.2, 0) is 0 Å². The van der Waals surface area contributed by atoms with Crippen molar-refractivity contribution in [3.63, 3.8) is 0 Å². The smallest absolute Gasteiger partial charge is 0.00792 e. The highest BCUT2D eigenvalue weighted by molar-refractivity contribution is 8.00. The number of hydrogen-bond donors (Lipinski definition) is 1. The Kier molecular flexibility index (Phi) is 2.42. The van der Waals surface area contributed by atoms with Crippen LogP contribution in [0.1, 0.15) is 38.5 Å². The molecule has 11 heavy (non-hydrogen) atoms. The van der Waals surface area contributed by atoms with Crippen LogP contribution in [-0.4, -0.2) is 16.5 Å². The Morgan fingerprint density at radius 2 is 1.64 bits per heavy atom. The van der Waals surface area contributed by atoms with E-state index < -0.39 is 0 Å². The molecule has 0 unspecified atom stereocenters. The molecule has 0 heterocycles. The van der Waals surface area contributed by atoms with E-state index in [1.54, 1.807) is 0 Å². The van der Waals surface area contributed by atoms with E-state index in [1.165, 1.54) is 38.5 Å². The fourth-order valence-corrected chi connectivity index (χ4v) is 3.88. The molecule has 2 N–H and O–H groups in total. The van der Waals surface area contributed by atoms with E-state index in [-0.39, 0.29) is 0 Å². The molecule has 2 rings (SSSR count). The van der Waals surface area contributed by atoms with Crippen LogP contribution in [0.4, 0.5) is 0 Å². The minimum absolute atomic E-state index is 0.536. The second kappa shape index (κ2) is 3.36. The van der Waals surface area contributed by atoms with Crippen molar-refractivity contribution in [1.82, 2.24) is 0 Å². The highest BCUT2D eigenvalue weighted by Gasteiger charge is 2.29. The summed E-state index contributed by atoms with van der Waals surface area (Å²) in [5.74, 6) is 0. The lowest BCUT2D eigenvalue weighted by atomic mass is 9.93. The van der Waals surface area contributed by atoms with Crippen molar-refractivity contribution in [1.29, 1.82) is 0 Å². The molecule has 0 atom stereocenters. The van der Waals surface area contributed by atoms with Gasteiger partial charge in [0.15, 0.2) is 0 Å². The van der Waals surface area contributed by atoms with Gasteiger partial charge in [0.25, 0.3) is 0 Å². The van der Waals surface area contributed by atoms with Gasteiger partial charge in [0.2, 0.25) is 0 Å². The van der Waals surface area contributed by atoms with E-state index in [9.17, 15) is 0 Å². The van der Waals surface area contributed by atoms with Gasteiger partial charge in [-0.05, 0) is 25.7 Å². The van der Waals surface area contributed by atoms with Crippen LogP contribution < -0.4 is 5.73 Å². The second-order valence-corrected chi connectivity index (χ2v) is 5.50. The summed E-state index contributed by atoms with van der Waals surface area (Å²) >= 11 is 2.22. The molecular formula is C9H17NS. The third-order valence-corrected chi connectivity index (χ3v) is 4.44. The monoisotopic (exact) mass is 171 g/mol. The van der Waals surface area contributed by atoms with Crippen molar-refractivity contribution < 1.29 is 0 Å². The molecule has 0 radical (unpaired) electrons. The standard InChI is InChI=1S/C9H17NS/c10-7-5-9(6-7)11-8-3-1-2-4-8/h7-9H,1-6,10H2. The molecule has 64 valence electrons. The topological polar surface area (TPSA) is 26.0 Å². The highest BCUT2D eigenvalue weighted by atomic mass is 32.2. The summed E-state index contributed by atoms with van der Waals surface area (Å²) in [4.78, 5) is 0. The van der Waals surface area contributed by atoms with E-state index in [0.717, 1.165) is 10.5 Å². The Labute approximate surface area is 73.1 Å². The van der Waals surface area contributed by atoms with Gasteiger partial charge in [-0.2, -0.15) is 11.8 Å². The largest absolute Gasteiger partial charge is 0.328 e. The molecule has 0 aromatic heterocycles. The summed E-state index contributed by atoms with van der Waals surface area (Å²) in [6.07, 6.45) is 8.43. The zero-order chi connectivity index (χ0) is 7.68. The fourth-order valence-electron chi connectivity index (χ4n) is 2.01. The lowest BCUT2D eigenvalue weighted by molar-refractivity contribution is 0.431. The molecule has 0 saturated heterocycles. The lowest BCUT2D eigenvalue weighted by Crippen LogP contribution is -2.38. The Balaban J connectivity index is 1.66. The van der Waals surface area contributed by atoms with Crippen LogP contribution in [0.3, 0.4) is 0 Å². The minimum atomic E-state index is 0.536. The first kappa shape index (κ1) is 7.93. The molecule has 2 aliphatic rings. The normalized spacial score (nSPS) is 39.0. The first-order valence-corrected chi connectivity index (χ1v) is 5.70. The van der Waals surface area contributed by atoms with Gasteiger partial charge in [0, 0.05) is 16.5 Å². The zero-order valence-electron chi connectivity index (χ0n) is 6.96. The first-order chi connectivity index (χ1) is 5.34. The van der Waals surface area contributed by atoms with Crippen molar-refractivity contribution in [2.45, 2.75) is 55.1 Å². The average molecular weight is 171 g/mol. The zero-order valence-corrected chi connectivity index (χ0v) is 7.78. The summed E-state index contributed by atoms with van der Waals surface area (Å²) in [7, 11) is 0. The maximum Gasteiger partial charge on any atom is 0.00792 e. The van der Waals surface area contributed by atoms with Crippen LogP contribution in [0.25, 0.3) is 0 Å². The molecule has 0 aliphatic heterocycles. The third-order valence-electron chi connectivity index (χ3n) is 2.82. The van der Waals surface area contributed by atoms with Crippen LogP contribution in [0.5, 0.6) is 0 Å². The van der Waals surface area contributed by atoms with Crippen LogP contribution in [0.2, 0.25) is 0 Å². The summed E-state index contributed by atoms with van der Waals surface area (Å²) < 4.78 is 0. The maximum absolute atomic E-state index is 5.73. The van der Waals surface area contributed by atoms with E-state index in [0.29, 0.717) is 6.04 Å². The SMILES string of the molecule is NC1CC(SC2CCCC2)C1. The Bertz CT molecular complexity index is 126. The average Bonchev–Trinajstić information content (AvgIpc) is 2.36. The maximum atomic E-state index is 5.73. The van der Waals surface area contributed by atoms with Crippen LogP contribution in [0, 0.1) is 0 Å². The predicted molar refractivity (Wildman–Crippen MR) is 50.8 cm³/mol. The Morgan fingerprint density at radius 3 is 2.18 bits per heavy atom. The molecule has 2 saturated carbocycles. The van der Waals surface area contributed by atoms with Gasteiger partial charge < -0.3 is 5.73 Å². The van der Waals surface area contributed by atoms with E-state index in [4.69, 9.17) is 5.73 Å². The quantitative estimate of drug-likeness (QED) is 0.689. The van der Waals surface area contributed by atoms with Crippen molar-refractivity contribution in [2.24, 2.45) is 5.73 Å². The van der Waals surface area contributed by atoms with Gasteiger partial charge in [-0.3, -0.25) is 0 Å². The summed E-state index contributed by atoms with van der Waals surface area (Å²) in [5.41, 5.74) is 5.73. The fraction of sp³-hybridized carbons (Fsp3) is 1.00. The molecule has 0 spiro atoms. The highest BCUT2D eigenvalue weighted by Crippen LogP contribution is 2.39. The lowest BCUT2D eigenvalue weighted by Gasteiger charge is -2.33. The molecule has 2 fully saturated rings. The molecule has 0 aromatic carbocycles. The van der Waals surface area contributed by atoms with E-state index >= 15 is 0 Å². The molecule has 2 aliphatic carbocycles. The van der Waals surface area contributed by atoms with Gasteiger partial charge in [0.05, 0.1) is 0 Å².